The van der Waals surface area contributed by atoms with Crippen LogP contribution in [0.3, 0.4) is 0 Å². The van der Waals surface area contributed by atoms with Crippen molar-refractivity contribution >= 4 is 34.9 Å². The number of aryl methyl sites for hydroxylation is 1. The fourth-order valence-corrected chi connectivity index (χ4v) is 6.80. The van der Waals surface area contributed by atoms with E-state index in [-0.39, 0.29) is 0 Å². The van der Waals surface area contributed by atoms with Gasteiger partial charge < -0.3 is 5.32 Å². The lowest BCUT2D eigenvalue weighted by Gasteiger charge is -2.28. The standard InChI is InChI=1S/C13H20N2S3/c1-9-15-10(8-18-9)4-5-14-11-2-3-12-13(11)17-7-6-16-12/h8,11-14H,2-7H2,1H3/t11-,12-,13-/m1/s1. The topological polar surface area (TPSA) is 24.9 Å². The van der Waals surface area contributed by atoms with Gasteiger partial charge in [0.1, 0.15) is 0 Å². The van der Waals surface area contributed by atoms with Crippen LogP contribution in [0.5, 0.6) is 0 Å². The highest BCUT2D eigenvalue weighted by molar-refractivity contribution is 8.07. The highest BCUT2D eigenvalue weighted by Crippen LogP contribution is 2.41. The van der Waals surface area contributed by atoms with Gasteiger partial charge in [0.05, 0.1) is 10.7 Å². The van der Waals surface area contributed by atoms with E-state index < -0.39 is 0 Å². The average molecular weight is 301 g/mol. The van der Waals surface area contributed by atoms with Crippen LogP contribution in [0.2, 0.25) is 0 Å². The Morgan fingerprint density at radius 3 is 3.06 bits per heavy atom. The molecule has 2 fully saturated rings. The second kappa shape index (κ2) is 6.16. The summed E-state index contributed by atoms with van der Waals surface area (Å²) in [4.78, 5) is 4.53. The van der Waals surface area contributed by atoms with Crippen molar-refractivity contribution in [3.63, 3.8) is 0 Å². The van der Waals surface area contributed by atoms with E-state index in [1.165, 1.54) is 35.0 Å². The first-order chi connectivity index (χ1) is 8.83. The Bertz CT molecular complexity index is 393. The summed E-state index contributed by atoms with van der Waals surface area (Å²) < 4.78 is 0. The van der Waals surface area contributed by atoms with Crippen LogP contribution < -0.4 is 5.32 Å². The van der Waals surface area contributed by atoms with E-state index in [2.05, 4.69) is 46.1 Å². The summed E-state index contributed by atoms with van der Waals surface area (Å²) in [5.41, 5.74) is 1.25. The number of fused-ring (bicyclic) bond motifs is 1. The molecule has 0 amide bonds. The van der Waals surface area contributed by atoms with Gasteiger partial charge in [-0.2, -0.15) is 23.5 Å². The molecule has 1 aliphatic carbocycles. The maximum Gasteiger partial charge on any atom is 0.0897 e. The van der Waals surface area contributed by atoms with Gasteiger partial charge in [0.25, 0.3) is 0 Å². The number of nitrogens with one attached hydrogen (secondary N) is 1. The van der Waals surface area contributed by atoms with Crippen LogP contribution in [0.15, 0.2) is 5.38 Å². The first-order valence-corrected chi connectivity index (χ1v) is 9.68. The second-order valence-electron chi connectivity index (χ2n) is 4.99. The number of aromatic nitrogens is 1. The highest BCUT2D eigenvalue weighted by atomic mass is 32.2. The molecule has 1 aromatic rings. The fourth-order valence-electron chi connectivity index (χ4n) is 2.84. The molecule has 1 aliphatic heterocycles. The van der Waals surface area contributed by atoms with Crippen molar-refractivity contribution in [2.24, 2.45) is 0 Å². The van der Waals surface area contributed by atoms with Crippen LogP contribution in [0, 0.1) is 6.92 Å². The van der Waals surface area contributed by atoms with Gasteiger partial charge in [-0.05, 0) is 19.8 Å². The second-order valence-corrected chi connectivity index (χ2v) is 8.69. The summed E-state index contributed by atoms with van der Waals surface area (Å²) in [5, 5.41) is 8.93. The van der Waals surface area contributed by atoms with Crippen LogP contribution in [-0.2, 0) is 6.42 Å². The first-order valence-electron chi connectivity index (χ1n) is 6.70. The zero-order chi connectivity index (χ0) is 12.4. The lowest BCUT2D eigenvalue weighted by molar-refractivity contribution is 0.534. The van der Waals surface area contributed by atoms with Gasteiger partial charge in [-0.3, -0.25) is 0 Å². The molecule has 1 aromatic heterocycles. The van der Waals surface area contributed by atoms with Crippen molar-refractivity contribution in [2.75, 3.05) is 18.1 Å². The number of hydrogen-bond acceptors (Lipinski definition) is 5. The van der Waals surface area contributed by atoms with Crippen molar-refractivity contribution in [2.45, 2.75) is 42.7 Å². The predicted molar refractivity (Wildman–Crippen MR) is 84.1 cm³/mol. The maximum absolute atomic E-state index is 4.53. The molecule has 1 saturated heterocycles. The van der Waals surface area contributed by atoms with E-state index in [0.29, 0.717) is 0 Å². The van der Waals surface area contributed by atoms with Gasteiger partial charge >= 0.3 is 0 Å². The third-order valence-electron chi connectivity index (χ3n) is 3.70. The SMILES string of the molecule is Cc1nc(CCN[C@@H]2CC[C@H]3SCCS[C@H]23)cs1. The predicted octanol–water partition coefficient (Wildman–Crippen LogP) is 2.96. The van der Waals surface area contributed by atoms with Crippen molar-refractivity contribution in [3.05, 3.63) is 16.1 Å². The van der Waals surface area contributed by atoms with Gasteiger partial charge in [-0.25, -0.2) is 4.98 Å². The van der Waals surface area contributed by atoms with Crippen LogP contribution >= 0.6 is 34.9 Å². The number of thioether (sulfide) groups is 2. The molecule has 5 heteroatoms. The third kappa shape index (κ3) is 3.06. The van der Waals surface area contributed by atoms with E-state index in [1.807, 2.05) is 0 Å². The van der Waals surface area contributed by atoms with Crippen LogP contribution in [-0.4, -0.2) is 39.6 Å². The Kier molecular flexibility index (Phi) is 4.55. The van der Waals surface area contributed by atoms with E-state index in [0.717, 1.165) is 29.5 Å². The Labute approximate surface area is 122 Å². The summed E-state index contributed by atoms with van der Waals surface area (Å²) in [6, 6.07) is 0.743. The Hall–Kier alpha value is 0.290. The highest BCUT2D eigenvalue weighted by Gasteiger charge is 2.38. The molecule has 0 aromatic carbocycles. The number of thiazole rings is 1. The smallest absolute Gasteiger partial charge is 0.0897 e. The van der Waals surface area contributed by atoms with Gasteiger partial charge in [-0.1, -0.05) is 0 Å². The fraction of sp³-hybridized carbons (Fsp3) is 0.769. The molecule has 1 saturated carbocycles. The molecule has 2 nitrogen and oxygen atoms in total. The molecule has 18 heavy (non-hydrogen) atoms. The number of hydrogen-bond donors (Lipinski definition) is 1. The van der Waals surface area contributed by atoms with E-state index in [9.17, 15) is 0 Å². The molecule has 2 aliphatic rings. The van der Waals surface area contributed by atoms with E-state index >= 15 is 0 Å². The summed E-state index contributed by atoms with van der Waals surface area (Å²) in [6.07, 6.45) is 3.86. The minimum absolute atomic E-state index is 0.743. The Morgan fingerprint density at radius 2 is 2.22 bits per heavy atom. The van der Waals surface area contributed by atoms with Gasteiger partial charge in [0, 0.05) is 46.4 Å². The van der Waals surface area contributed by atoms with Crippen molar-refractivity contribution in [3.8, 4) is 0 Å². The zero-order valence-corrected chi connectivity index (χ0v) is 13.2. The molecular formula is C13H20N2S3. The average Bonchev–Trinajstić information content (AvgIpc) is 2.97. The summed E-state index contributed by atoms with van der Waals surface area (Å²) >= 11 is 6.15. The van der Waals surface area contributed by atoms with Crippen molar-refractivity contribution in [1.29, 1.82) is 0 Å². The maximum atomic E-state index is 4.53. The molecule has 0 bridgehead atoms. The molecule has 0 radical (unpaired) electrons. The van der Waals surface area contributed by atoms with Gasteiger partial charge in [-0.15, -0.1) is 11.3 Å². The number of rotatable bonds is 4. The quantitative estimate of drug-likeness (QED) is 0.924. The molecule has 100 valence electrons. The van der Waals surface area contributed by atoms with Gasteiger partial charge in [0.2, 0.25) is 0 Å². The lowest BCUT2D eigenvalue weighted by atomic mass is 10.2. The molecule has 3 rings (SSSR count). The third-order valence-corrected chi connectivity index (χ3v) is 7.84. The van der Waals surface area contributed by atoms with E-state index in [1.54, 1.807) is 11.3 Å². The Morgan fingerprint density at radius 1 is 1.33 bits per heavy atom. The summed E-state index contributed by atoms with van der Waals surface area (Å²) in [7, 11) is 0. The molecule has 0 spiro atoms. The van der Waals surface area contributed by atoms with Crippen LogP contribution in [0.4, 0.5) is 0 Å². The summed E-state index contributed by atoms with van der Waals surface area (Å²) in [5.74, 6) is 2.70. The summed E-state index contributed by atoms with van der Waals surface area (Å²) in [6.45, 7) is 3.17. The molecule has 2 heterocycles. The minimum atomic E-state index is 0.743. The normalized spacial score (nSPS) is 31.5. The number of nitrogens with zero attached hydrogens (tertiary/aromatic N) is 1. The van der Waals surface area contributed by atoms with Crippen molar-refractivity contribution < 1.29 is 0 Å². The first kappa shape index (κ1) is 13.3. The zero-order valence-electron chi connectivity index (χ0n) is 10.7. The van der Waals surface area contributed by atoms with Crippen LogP contribution in [0.1, 0.15) is 23.5 Å². The molecule has 1 N–H and O–H groups in total. The molecular weight excluding hydrogens is 280 g/mol. The molecule has 0 unspecified atom stereocenters. The lowest BCUT2D eigenvalue weighted by Crippen LogP contribution is -2.39. The molecule has 3 atom stereocenters. The van der Waals surface area contributed by atoms with Crippen molar-refractivity contribution in [1.82, 2.24) is 10.3 Å². The van der Waals surface area contributed by atoms with Gasteiger partial charge in [0.15, 0.2) is 0 Å². The van der Waals surface area contributed by atoms with Crippen LogP contribution in [0.25, 0.3) is 0 Å². The monoisotopic (exact) mass is 300 g/mol. The Balaban J connectivity index is 1.46. The minimum Gasteiger partial charge on any atom is -0.312 e. The largest absolute Gasteiger partial charge is 0.312 e. The van der Waals surface area contributed by atoms with E-state index in [4.69, 9.17) is 0 Å².